The summed E-state index contributed by atoms with van der Waals surface area (Å²) in [5, 5.41) is 7.25. The fraction of sp³-hybridized carbons (Fsp3) is 0.375. The average Bonchev–Trinajstić information content (AvgIpc) is 3.32. The maximum atomic E-state index is 6.00. The fourth-order valence-corrected chi connectivity index (χ4v) is 2.48. The number of hydrogen-bond acceptors (Lipinski definition) is 5. The first kappa shape index (κ1) is 15.1. The zero-order chi connectivity index (χ0) is 15.4. The first-order chi connectivity index (χ1) is 10.8. The quantitative estimate of drug-likeness (QED) is 0.681. The molecular weight excluding hydrogens is 298 g/mol. The number of nitrogens with zero attached hydrogens (tertiary/aromatic N) is 2. The van der Waals surface area contributed by atoms with Crippen molar-refractivity contribution in [2.24, 2.45) is 5.73 Å². The molecule has 4 N–H and O–H groups in total. The Bertz CT molecular complexity index is 642. The third-order valence-corrected chi connectivity index (χ3v) is 3.82. The lowest BCUT2D eigenvalue weighted by Gasteiger charge is -2.12. The van der Waals surface area contributed by atoms with Gasteiger partial charge in [-0.05, 0) is 49.9 Å². The van der Waals surface area contributed by atoms with Crippen LogP contribution in [0.1, 0.15) is 30.7 Å². The molecule has 1 heterocycles. The van der Waals surface area contributed by atoms with Crippen LogP contribution in [0.25, 0.3) is 0 Å². The minimum atomic E-state index is 0.571. The van der Waals surface area contributed by atoms with Crippen LogP contribution in [-0.2, 0) is 0 Å². The van der Waals surface area contributed by atoms with Crippen molar-refractivity contribution in [3.05, 3.63) is 41.0 Å². The maximum absolute atomic E-state index is 6.00. The second kappa shape index (κ2) is 6.94. The van der Waals surface area contributed by atoms with Crippen LogP contribution >= 0.6 is 11.6 Å². The number of benzene rings is 1. The molecule has 116 valence electrons. The molecule has 5 nitrogen and oxygen atoms in total. The molecular formula is C16H20ClN5. The Balaban J connectivity index is 1.78. The second-order valence-electron chi connectivity index (χ2n) is 5.48. The van der Waals surface area contributed by atoms with Crippen LogP contribution < -0.4 is 16.4 Å². The van der Waals surface area contributed by atoms with Gasteiger partial charge in [0.15, 0.2) is 0 Å². The smallest absolute Gasteiger partial charge is 0.229 e. The molecule has 0 saturated heterocycles. The lowest BCUT2D eigenvalue weighted by atomic mass is 10.2. The van der Waals surface area contributed by atoms with E-state index in [1.807, 2.05) is 30.5 Å². The summed E-state index contributed by atoms with van der Waals surface area (Å²) in [4.78, 5) is 9.04. The van der Waals surface area contributed by atoms with Gasteiger partial charge in [0.25, 0.3) is 0 Å². The van der Waals surface area contributed by atoms with Crippen LogP contribution in [0, 0.1) is 0 Å². The highest BCUT2D eigenvalue weighted by molar-refractivity contribution is 6.30. The molecule has 1 saturated carbocycles. The summed E-state index contributed by atoms with van der Waals surface area (Å²) in [5.41, 5.74) is 7.63. The standard InChI is InChI=1S/C16H20ClN5/c17-12-3-1-4-13(9-12)21-16-20-10-14(11-5-6-11)15(22-16)19-8-2-7-18/h1,3-4,9-11H,2,5-8,18H2,(H2,19,20,21,22). The summed E-state index contributed by atoms with van der Waals surface area (Å²) in [5.74, 6) is 2.08. The molecule has 22 heavy (non-hydrogen) atoms. The van der Waals surface area contributed by atoms with Gasteiger partial charge in [-0.25, -0.2) is 4.98 Å². The molecule has 1 fully saturated rings. The Morgan fingerprint density at radius 1 is 1.32 bits per heavy atom. The van der Waals surface area contributed by atoms with E-state index in [2.05, 4.69) is 20.6 Å². The van der Waals surface area contributed by atoms with Crippen molar-refractivity contribution < 1.29 is 0 Å². The second-order valence-corrected chi connectivity index (χ2v) is 5.91. The largest absolute Gasteiger partial charge is 0.370 e. The lowest BCUT2D eigenvalue weighted by molar-refractivity contribution is 0.865. The van der Waals surface area contributed by atoms with E-state index >= 15 is 0 Å². The van der Waals surface area contributed by atoms with E-state index in [4.69, 9.17) is 17.3 Å². The molecule has 1 aromatic carbocycles. The highest BCUT2D eigenvalue weighted by atomic mass is 35.5. The SMILES string of the molecule is NCCCNc1nc(Nc2cccc(Cl)c2)ncc1C1CC1. The molecule has 0 unspecified atom stereocenters. The Morgan fingerprint density at radius 2 is 2.18 bits per heavy atom. The Morgan fingerprint density at radius 3 is 2.91 bits per heavy atom. The third-order valence-electron chi connectivity index (χ3n) is 3.59. The van der Waals surface area contributed by atoms with Crippen molar-refractivity contribution in [2.45, 2.75) is 25.2 Å². The highest BCUT2D eigenvalue weighted by Crippen LogP contribution is 2.42. The van der Waals surface area contributed by atoms with Crippen molar-refractivity contribution in [1.29, 1.82) is 0 Å². The van der Waals surface area contributed by atoms with E-state index in [1.165, 1.54) is 18.4 Å². The number of nitrogens with two attached hydrogens (primary N) is 1. The molecule has 0 radical (unpaired) electrons. The average molecular weight is 318 g/mol. The number of aromatic nitrogens is 2. The molecule has 2 aromatic rings. The van der Waals surface area contributed by atoms with Crippen molar-refractivity contribution in [2.75, 3.05) is 23.7 Å². The Labute approximate surface area is 135 Å². The van der Waals surface area contributed by atoms with Crippen molar-refractivity contribution >= 4 is 29.1 Å². The summed E-state index contributed by atoms with van der Waals surface area (Å²) < 4.78 is 0. The number of nitrogens with one attached hydrogen (secondary N) is 2. The number of rotatable bonds is 7. The predicted octanol–water partition coefficient (Wildman–Crippen LogP) is 3.51. The summed E-state index contributed by atoms with van der Waals surface area (Å²) >= 11 is 6.00. The van der Waals surface area contributed by atoms with Crippen molar-refractivity contribution in [1.82, 2.24) is 9.97 Å². The van der Waals surface area contributed by atoms with Gasteiger partial charge in [0.05, 0.1) is 0 Å². The zero-order valence-electron chi connectivity index (χ0n) is 12.3. The first-order valence-corrected chi connectivity index (χ1v) is 7.97. The van der Waals surface area contributed by atoms with Gasteiger partial charge in [-0.1, -0.05) is 17.7 Å². The number of halogens is 1. The minimum absolute atomic E-state index is 0.571. The van der Waals surface area contributed by atoms with Crippen LogP contribution in [0.4, 0.5) is 17.5 Å². The van der Waals surface area contributed by atoms with Crippen LogP contribution in [0.2, 0.25) is 5.02 Å². The monoisotopic (exact) mass is 317 g/mol. The minimum Gasteiger partial charge on any atom is -0.370 e. The maximum Gasteiger partial charge on any atom is 0.229 e. The van der Waals surface area contributed by atoms with Gasteiger partial charge in [-0.15, -0.1) is 0 Å². The molecule has 1 aliphatic carbocycles. The number of anilines is 3. The topological polar surface area (TPSA) is 75.9 Å². The molecule has 0 aliphatic heterocycles. The van der Waals surface area contributed by atoms with Gasteiger partial charge in [0.2, 0.25) is 5.95 Å². The molecule has 0 atom stereocenters. The van der Waals surface area contributed by atoms with E-state index < -0.39 is 0 Å². The molecule has 0 bridgehead atoms. The highest BCUT2D eigenvalue weighted by Gasteiger charge is 2.27. The van der Waals surface area contributed by atoms with Crippen LogP contribution in [-0.4, -0.2) is 23.1 Å². The van der Waals surface area contributed by atoms with Gasteiger partial charge in [0, 0.05) is 29.0 Å². The predicted molar refractivity (Wildman–Crippen MR) is 90.9 cm³/mol. The number of hydrogen-bond donors (Lipinski definition) is 3. The van der Waals surface area contributed by atoms with E-state index in [1.54, 1.807) is 0 Å². The van der Waals surface area contributed by atoms with E-state index in [0.29, 0.717) is 23.4 Å². The van der Waals surface area contributed by atoms with E-state index in [0.717, 1.165) is 24.5 Å². The van der Waals surface area contributed by atoms with Crippen molar-refractivity contribution in [3.8, 4) is 0 Å². The van der Waals surface area contributed by atoms with Gasteiger partial charge in [0.1, 0.15) is 5.82 Å². The van der Waals surface area contributed by atoms with Crippen LogP contribution in [0.15, 0.2) is 30.5 Å². The lowest BCUT2D eigenvalue weighted by Crippen LogP contribution is -2.12. The van der Waals surface area contributed by atoms with Gasteiger partial charge < -0.3 is 16.4 Å². The summed E-state index contributed by atoms with van der Waals surface area (Å²) in [6.07, 6.45) is 5.28. The van der Waals surface area contributed by atoms with Crippen molar-refractivity contribution in [3.63, 3.8) is 0 Å². The molecule has 3 rings (SSSR count). The Hall–Kier alpha value is -1.85. The molecule has 1 aliphatic rings. The molecule has 1 aromatic heterocycles. The van der Waals surface area contributed by atoms with Gasteiger partial charge in [-0.3, -0.25) is 0 Å². The molecule has 0 amide bonds. The van der Waals surface area contributed by atoms with Crippen LogP contribution in [0.3, 0.4) is 0 Å². The summed E-state index contributed by atoms with van der Waals surface area (Å²) in [7, 11) is 0. The summed E-state index contributed by atoms with van der Waals surface area (Å²) in [6, 6.07) is 7.51. The Kier molecular flexibility index (Phi) is 4.75. The fourth-order valence-electron chi connectivity index (χ4n) is 2.29. The third kappa shape index (κ3) is 3.87. The zero-order valence-corrected chi connectivity index (χ0v) is 13.1. The van der Waals surface area contributed by atoms with E-state index in [-0.39, 0.29) is 0 Å². The summed E-state index contributed by atoms with van der Waals surface area (Å²) in [6.45, 7) is 1.49. The van der Waals surface area contributed by atoms with E-state index in [9.17, 15) is 0 Å². The first-order valence-electron chi connectivity index (χ1n) is 7.60. The molecule has 6 heteroatoms. The van der Waals surface area contributed by atoms with Gasteiger partial charge in [-0.2, -0.15) is 4.98 Å². The van der Waals surface area contributed by atoms with Gasteiger partial charge >= 0.3 is 0 Å². The van der Waals surface area contributed by atoms with Crippen LogP contribution in [0.5, 0.6) is 0 Å². The normalized spacial score (nSPS) is 13.9. The molecule has 0 spiro atoms.